The minimum Gasteiger partial charge on any atom is -0.345 e. The van der Waals surface area contributed by atoms with Gasteiger partial charge in [0.15, 0.2) is 5.13 Å². The van der Waals surface area contributed by atoms with E-state index in [0.29, 0.717) is 36.8 Å². The van der Waals surface area contributed by atoms with Crippen molar-refractivity contribution in [1.82, 2.24) is 14.2 Å². The molecule has 0 bridgehead atoms. The van der Waals surface area contributed by atoms with Crippen LogP contribution in [-0.2, 0) is 10.0 Å². The number of nitrogens with zero attached hydrogens (tertiary/aromatic N) is 4. The van der Waals surface area contributed by atoms with Gasteiger partial charge in [0, 0.05) is 49.9 Å². The molecule has 7 nitrogen and oxygen atoms in total. The first-order valence-electron chi connectivity index (χ1n) is 12.0. The van der Waals surface area contributed by atoms with Crippen LogP contribution < -0.4 is 4.90 Å². The number of halogens is 1. The second-order valence-corrected chi connectivity index (χ2v) is 12.7. The summed E-state index contributed by atoms with van der Waals surface area (Å²) in [6.45, 7) is 2.55. The third kappa shape index (κ3) is 5.05. The van der Waals surface area contributed by atoms with Crippen LogP contribution in [0.1, 0.15) is 42.5 Å². The van der Waals surface area contributed by atoms with Crippen LogP contribution in [0.2, 0.25) is 5.02 Å². The Balaban J connectivity index is 1.22. The van der Waals surface area contributed by atoms with Crippen LogP contribution >= 0.6 is 22.9 Å². The van der Waals surface area contributed by atoms with Gasteiger partial charge >= 0.3 is 0 Å². The van der Waals surface area contributed by atoms with Crippen LogP contribution in [0.3, 0.4) is 0 Å². The molecule has 1 aliphatic heterocycles. The molecule has 1 aromatic heterocycles. The predicted octanol–water partition coefficient (Wildman–Crippen LogP) is 4.87. The minimum atomic E-state index is -3.57. The van der Waals surface area contributed by atoms with E-state index in [1.54, 1.807) is 42.6 Å². The number of hydrogen-bond donors (Lipinski definition) is 0. The van der Waals surface area contributed by atoms with E-state index >= 15 is 0 Å². The van der Waals surface area contributed by atoms with Gasteiger partial charge in [0.05, 0.1) is 15.1 Å². The summed E-state index contributed by atoms with van der Waals surface area (Å²) in [5, 5.41) is 1.63. The van der Waals surface area contributed by atoms with Crippen molar-refractivity contribution in [2.24, 2.45) is 0 Å². The van der Waals surface area contributed by atoms with Gasteiger partial charge in [-0.2, -0.15) is 4.31 Å². The van der Waals surface area contributed by atoms with Crippen LogP contribution in [0.5, 0.6) is 0 Å². The summed E-state index contributed by atoms with van der Waals surface area (Å²) in [5.74, 6) is -0.0784. The summed E-state index contributed by atoms with van der Waals surface area (Å²) < 4.78 is 28.7. The maximum atomic E-state index is 13.1. The van der Waals surface area contributed by atoms with Crippen molar-refractivity contribution in [1.29, 1.82) is 0 Å². The second kappa shape index (κ2) is 10.0. The Labute approximate surface area is 215 Å². The number of piperazine rings is 1. The molecule has 0 spiro atoms. The van der Waals surface area contributed by atoms with Crippen molar-refractivity contribution in [2.75, 3.05) is 38.1 Å². The molecule has 10 heteroatoms. The Morgan fingerprint density at radius 2 is 1.71 bits per heavy atom. The normalized spacial score (nSPS) is 17.9. The summed E-state index contributed by atoms with van der Waals surface area (Å²) in [7, 11) is -1.90. The zero-order valence-corrected chi connectivity index (χ0v) is 22.1. The zero-order chi connectivity index (χ0) is 24.6. The number of sulfonamides is 1. The molecule has 5 rings (SSSR count). The largest absolute Gasteiger partial charge is 0.345 e. The lowest BCUT2D eigenvalue weighted by molar-refractivity contribution is 0.0746. The lowest BCUT2D eigenvalue weighted by Crippen LogP contribution is -2.48. The van der Waals surface area contributed by atoms with Crippen LogP contribution in [0.25, 0.3) is 10.2 Å². The van der Waals surface area contributed by atoms with E-state index in [1.165, 1.54) is 10.7 Å². The van der Waals surface area contributed by atoms with E-state index in [9.17, 15) is 13.2 Å². The summed E-state index contributed by atoms with van der Waals surface area (Å²) in [6, 6.07) is 12.1. The third-order valence-corrected chi connectivity index (χ3v) is 10.3. The number of hydrogen-bond acceptors (Lipinski definition) is 6. The van der Waals surface area contributed by atoms with Crippen LogP contribution in [0.15, 0.2) is 47.4 Å². The molecule has 1 saturated carbocycles. The quantitative estimate of drug-likeness (QED) is 0.469. The highest BCUT2D eigenvalue weighted by atomic mass is 35.5. The summed E-state index contributed by atoms with van der Waals surface area (Å²) in [6.07, 6.45) is 5.12. The Bertz CT molecular complexity index is 1310. The Kier molecular flexibility index (Phi) is 7.03. The molecular formula is C25H29ClN4O3S2. The number of carbonyl (C=O) groups excluding carboxylic acids is 1. The third-order valence-electron chi connectivity index (χ3n) is 7.04. The van der Waals surface area contributed by atoms with Crippen molar-refractivity contribution in [3.8, 4) is 0 Å². The molecular weight excluding hydrogens is 504 g/mol. The average molecular weight is 533 g/mol. The molecule has 2 fully saturated rings. The summed E-state index contributed by atoms with van der Waals surface area (Å²) in [5.41, 5.74) is 1.43. The van der Waals surface area contributed by atoms with Gasteiger partial charge < -0.3 is 9.80 Å². The van der Waals surface area contributed by atoms with E-state index < -0.39 is 10.0 Å². The van der Waals surface area contributed by atoms with E-state index in [-0.39, 0.29) is 16.8 Å². The number of benzene rings is 2. The number of anilines is 1. The molecule has 186 valence electrons. The Morgan fingerprint density at radius 1 is 1.03 bits per heavy atom. The van der Waals surface area contributed by atoms with Gasteiger partial charge in [-0.3, -0.25) is 4.79 Å². The lowest BCUT2D eigenvalue weighted by Gasteiger charge is -2.34. The van der Waals surface area contributed by atoms with Crippen molar-refractivity contribution in [2.45, 2.75) is 43.0 Å². The fourth-order valence-electron chi connectivity index (χ4n) is 4.88. The molecule has 3 aromatic rings. The van der Waals surface area contributed by atoms with Crippen molar-refractivity contribution >= 4 is 54.2 Å². The maximum Gasteiger partial charge on any atom is 0.253 e. The van der Waals surface area contributed by atoms with Gasteiger partial charge in [-0.05, 0) is 55.3 Å². The van der Waals surface area contributed by atoms with E-state index in [2.05, 4.69) is 4.90 Å². The highest BCUT2D eigenvalue weighted by molar-refractivity contribution is 7.89. The molecule has 1 amide bonds. The molecule has 2 heterocycles. The molecule has 0 atom stereocenters. The monoisotopic (exact) mass is 532 g/mol. The fraction of sp³-hybridized carbons (Fsp3) is 0.440. The number of carbonyl (C=O) groups is 1. The van der Waals surface area contributed by atoms with Gasteiger partial charge in [0.1, 0.15) is 0 Å². The highest BCUT2D eigenvalue weighted by Gasteiger charge is 2.30. The van der Waals surface area contributed by atoms with E-state index in [4.69, 9.17) is 16.6 Å². The van der Waals surface area contributed by atoms with Gasteiger partial charge in [0.2, 0.25) is 10.0 Å². The minimum absolute atomic E-state index is 0.0544. The standard InChI is InChI=1S/C25H29ClN4O3S2/c1-28(20-5-3-2-4-6-20)35(32,33)21-10-7-18(8-11-21)24(31)29-13-15-30(16-14-29)25-27-22-12-9-19(26)17-23(22)34-25/h7-12,17,20H,2-6,13-16H2,1H3. The molecule has 2 aliphatic rings. The number of aromatic nitrogens is 1. The number of fused-ring (bicyclic) bond motifs is 1. The summed E-state index contributed by atoms with van der Waals surface area (Å²) in [4.78, 5) is 22.0. The van der Waals surface area contributed by atoms with Gasteiger partial charge in [-0.1, -0.05) is 42.2 Å². The molecule has 1 aliphatic carbocycles. The number of thiazole rings is 1. The van der Waals surface area contributed by atoms with Crippen LogP contribution in [-0.4, -0.2) is 67.8 Å². The Morgan fingerprint density at radius 3 is 2.40 bits per heavy atom. The molecule has 35 heavy (non-hydrogen) atoms. The lowest BCUT2D eigenvalue weighted by atomic mass is 9.96. The molecule has 2 aromatic carbocycles. The fourth-order valence-corrected chi connectivity index (χ4v) is 7.59. The maximum absolute atomic E-state index is 13.1. The zero-order valence-electron chi connectivity index (χ0n) is 19.7. The molecule has 0 radical (unpaired) electrons. The van der Waals surface area contributed by atoms with Gasteiger partial charge in [0.25, 0.3) is 5.91 Å². The van der Waals surface area contributed by atoms with Crippen molar-refractivity contribution < 1.29 is 13.2 Å². The average Bonchev–Trinajstić information content (AvgIpc) is 3.32. The first kappa shape index (κ1) is 24.5. The number of rotatable bonds is 5. The smallest absolute Gasteiger partial charge is 0.253 e. The van der Waals surface area contributed by atoms with Crippen LogP contribution in [0, 0.1) is 0 Å². The molecule has 0 unspecified atom stereocenters. The molecule has 1 saturated heterocycles. The van der Waals surface area contributed by atoms with Gasteiger partial charge in [-0.15, -0.1) is 0 Å². The predicted molar refractivity (Wildman–Crippen MR) is 141 cm³/mol. The van der Waals surface area contributed by atoms with Crippen molar-refractivity contribution in [3.63, 3.8) is 0 Å². The van der Waals surface area contributed by atoms with Crippen molar-refractivity contribution in [3.05, 3.63) is 53.1 Å². The van der Waals surface area contributed by atoms with E-state index in [0.717, 1.165) is 41.0 Å². The summed E-state index contributed by atoms with van der Waals surface area (Å²) >= 11 is 7.70. The first-order valence-corrected chi connectivity index (χ1v) is 14.6. The number of amides is 1. The SMILES string of the molecule is CN(C1CCCCC1)S(=O)(=O)c1ccc(C(=O)N2CCN(c3nc4ccc(Cl)cc4s3)CC2)cc1. The highest BCUT2D eigenvalue weighted by Crippen LogP contribution is 2.31. The molecule has 0 N–H and O–H groups in total. The second-order valence-electron chi connectivity index (χ2n) is 9.23. The van der Waals surface area contributed by atoms with Gasteiger partial charge in [-0.25, -0.2) is 13.4 Å². The Hall–Kier alpha value is -2.20. The topological polar surface area (TPSA) is 73.8 Å². The van der Waals surface area contributed by atoms with Crippen LogP contribution in [0.4, 0.5) is 5.13 Å². The first-order chi connectivity index (χ1) is 16.8. The van der Waals surface area contributed by atoms with E-state index in [1.807, 2.05) is 23.1 Å².